The highest BCUT2D eigenvalue weighted by atomic mass is 32.2. The summed E-state index contributed by atoms with van der Waals surface area (Å²) in [5.74, 6) is 0.867. The number of thioether (sulfide) groups is 1. The molecule has 2 aromatic carbocycles. The molecule has 2 aromatic rings. The predicted molar refractivity (Wildman–Crippen MR) is 110 cm³/mol. The van der Waals surface area contributed by atoms with Gasteiger partial charge in [0.05, 0.1) is 9.80 Å². The maximum atomic E-state index is 13.3. The van der Waals surface area contributed by atoms with E-state index < -0.39 is 9.84 Å². The molecule has 3 rings (SSSR count). The normalized spacial score (nSPS) is 16.6. The van der Waals surface area contributed by atoms with E-state index in [4.69, 9.17) is 0 Å². The zero-order valence-electron chi connectivity index (χ0n) is 15.2. The van der Waals surface area contributed by atoms with Crippen molar-refractivity contribution in [1.82, 2.24) is 0 Å². The summed E-state index contributed by atoms with van der Waals surface area (Å²) in [6, 6.07) is 17.2. The highest BCUT2D eigenvalue weighted by Gasteiger charge is 2.23. The van der Waals surface area contributed by atoms with Crippen molar-refractivity contribution >= 4 is 21.6 Å². The second-order valence-corrected chi connectivity index (χ2v) is 10.0. The van der Waals surface area contributed by atoms with Gasteiger partial charge in [0.15, 0.2) is 0 Å². The van der Waals surface area contributed by atoms with E-state index in [2.05, 4.69) is 0 Å². The van der Waals surface area contributed by atoms with Crippen LogP contribution in [0.4, 0.5) is 0 Å². The van der Waals surface area contributed by atoms with Crippen molar-refractivity contribution in [2.45, 2.75) is 48.8 Å². The number of aryl methyl sites for hydroxylation is 1. The van der Waals surface area contributed by atoms with E-state index in [-0.39, 0.29) is 0 Å². The Labute approximate surface area is 161 Å². The van der Waals surface area contributed by atoms with Crippen molar-refractivity contribution in [3.8, 4) is 0 Å². The number of sulfone groups is 1. The monoisotopic (exact) mass is 386 g/mol. The smallest absolute Gasteiger partial charge is 0.203 e. The molecule has 1 fully saturated rings. The van der Waals surface area contributed by atoms with E-state index in [1.165, 1.54) is 19.3 Å². The molecule has 2 nitrogen and oxygen atoms in total. The fourth-order valence-corrected chi connectivity index (χ4v) is 6.04. The van der Waals surface area contributed by atoms with E-state index >= 15 is 0 Å². The van der Waals surface area contributed by atoms with Gasteiger partial charge in [0.2, 0.25) is 9.84 Å². The quantitative estimate of drug-likeness (QED) is 0.569. The molecule has 0 unspecified atom stereocenters. The van der Waals surface area contributed by atoms with Gasteiger partial charge in [-0.05, 0) is 49.9 Å². The van der Waals surface area contributed by atoms with E-state index in [0.29, 0.717) is 21.5 Å². The summed E-state index contributed by atoms with van der Waals surface area (Å²) in [6.45, 7) is 1.97. The van der Waals surface area contributed by atoms with E-state index in [0.717, 1.165) is 23.3 Å². The number of rotatable bonds is 6. The average molecular weight is 387 g/mol. The Morgan fingerprint density at radius 2 is 1.65 bits per heavy atom. The molecule has 0 atom stereocenters. The van der Waals surface area contributed by atoms with Crippen LogP contribution in [-0.4, -0.2) is 14.2 Å². The Hall–Kier alpha value is -1.52. The lowest BCUT2D eigenvalue weighted by Crippen LogP contribution is -2.11. The lowest BCUT2D eigenvalue weighted by Gasteiger charge is -2.20. The summed E-state index contributed by atoms with van der Waals surface area (Å²) >= 11 is 1.59. The van der Waals surface area contributed by atoms with Gasteiger partial charge >= 0.3 is 0 Å². The molecule has 1 aliphatic carbocycles. The molecule has 0 amide bonds. The van der Waals surface area contributed by atoms with E-state index in [1.54, 1.807) is 23.9 Å². The fourth-order valence-electron chi connectivity index (χ4n) is 3.32. The van der Waals surface area contributed by atoms with Crippen LogP contribution < -0.4 is 0 Å². The van der Waals surface area contributed by atoms with Crippen LogP contribution in [-0.2, 0) is 9.84 Å². The summed E-state index contributed by atoms with van der Waals surface area (Å²) in [6.07, 6.45) is 7.91. The van der Waals surface area contributed by atoms with Crippen LogP contribution in [0.3, 0.4) is 0 Å². The summed E-state index contributed by atoms with van der Waals surface area (Å²) < 4.78 is 26.5. The minimum Gasteiger partial charge on any atom is -0.219 e. The van der Waals surface area contributed by atoms with Crippen molar-refractivity contribution in [3.05, 3.63) is 71.1 Å². The Morgan fingerprint density at radius 3 is 2.31 bits per heavy atom. The first-order valence-corrected chi connectivity index (χ1v) is 11.7. The second kappa shape index (κ2) is 8.92. The third-order valence-corrected chi connectivity index (χ3v) is 7.98. The minimum absolute atomic E-state index is 0.385. The zero-order valence-corrected chi connectivity index (χ0v) is 16.9. The molecular formula is C22H26O2S2. The van der Waals surface area contributed by atoms with Gasteiger partial charge in [-0.1, -0.05) is 61.2 Å². The summed E-state index contributed by atoms with van der Waals surface area (Å²) in [4.78, 5) is 2.06. The standard InChI is InChI=1S/C22H26O2S2/c1-18-12-14-21(15-13-18)26(23,24)22(16-19-8-4-2-5-9-19)17-25-20-10-6-3-7-11-20/h3,6-7,10-16,19H,2,4-5,8-9,17H2,1H3/b22-16+. The maximum Gasteiger partial charge on any atom is 0.203 e. The molecule has 0 N–H and O–H groups in total. The lowest BCUT2D eigenvalue weighted by molar-refractivity contribution is 0.418. The van der Waals surface area contributed by atoms with Gasteiger partial charge in [0.1, 0.15) is 0 Å². The summed E-state index contributed by atoms with van der Waals surface area (Å²) in [5, 5.41) is 0. The summed E-state index contributed by atoms with van der Waals surface area (Å²) in [7, 11) is -3.45. The molecule has 0 saturated heterocycles. The molecule has 0 aliphatic heterocycles. The van der Waals surface area contributed by atoms with Crippen LogP contribution in [0.2, 0.25) is 0 Å². The van der Waals surface area contributed by atoms with Crippen LogP contribution in [0.1, 0.15) is 37.7 Å². The Morgan fingerprint density at radius 1 is 1.00 bits per heavy atom. The van der Waals surface area contributed by atoms with Gasteiger partial charge < -0.3 is 0 Å². The highest BCUT2D eigenvalue weighted by molar-refractivity contribution is 8.02. The Bertz CT molecular complexity index is 831. The number of benzene rings is 2. The minimum atomic E-state index is -3.45. The van der Waals surface area contributed by atoms with Crippen LogP contribution in [0.15, 0.2) is 75.4 Å². The molecular weight excluding hydrogens is 360 g/mol. The molecule has 1 aliphatic rings. The van der Waals surface area contributed by atoms with Crippen molar-refractivity contribution in [2.75, 3.05) is 5.75 Å². The number of hydrogen-bond acceptors (Lipinski definition) is 3. The third kappa shape index (κ3) is 5.01. The van der Waals surface area contributed by atoms with E-state index in [9.17, 15) is 8.42 Å². The van der Waals surface area contributed by atoms with Crippen molar-refractivity contribution in [3.63, 3.8) is 0 Å². The number of hydrogen-bond donors (Lipinski definition) is 0. The third-order valence-electron chi connectivity index (χ3n) is 4.87. The Kier molecular flexibility index (Phi) is 6.60. The lowest BCUT2D eigenvalue weighted by atomic mass is 9.89. The van der Waals surface area contributed by atoms with Gasteiger partial charge in [-0.25, -0.2) is 8.42 Å². The molecule has 1 saturated carbocycles. The molecule has 0 spiro atoms. The topological polar surface area (TPSA) is 34.1 Å². The van der Waals surface area contributed by atoms with Crippen LogP contribution in [0, 0.1) is 12.8 Å². The SMILES string of the molecule is Cc1ccc(S(=O)(=O)/C(=C/C2CCCCC2)CSc2ccccc2)cc1. The molecule has 0 heterocycles. The zero-order chi connectivity index (χ0) is 18.4. The average Bonchev–Trinajstić information content (AvgIpc) is 2.67. The van der Waals surface area contributed by atoms with Crippen molar-refractivity contribution in [2.24, 2.45) is 5.92 Å². The van der Waals surface area contributed by atoms with Crippen molar-refractivity contribution in [1.29, 1.82) is 0 Å². The van der Waals surface area contributed by atoms with Crippen molar-refractivity contribution < 1.29 is 8.42 Å². The molecule has 26 heavy (non-hydrogen) atoms. The largest absolute Gasteiger partial charge is 0.219 e. The first kappa shape index (κ1) is 19.2. The Balaban J connectivity index is 1.88. The first-order chi connectivity index (χ1) is 12.6. The molecule has 138 valence electrons. The van der Waals surface area contributed by atoms with E-state index in [1.807, 2.05) is 55.5 Å². The van der Waals surface area contributed by atoms with Crippen LogP contribution >= 0.6 is 11.8 Å². The summed E-state index contributed by atoms with van der Waals surface area (Å²) in [5.41, 5.74) is 1.07. The predicted octanol–water partition coefficient (Wildman–Crippen LogP) is 6.03. The first-order valence-electron chi connectivity index (χ1n) is 9.26. The molecule has 0 radical (unpaired) electrons. The van der Waals surface area contributed by atoms with Gasteiger partial charge in [-0.2, -0.15) is 0 Å². The highest BCUT2D eigenvalue weighted by Crippen LogP contribution is 2.31. The maximum absolute atomic E-state index is 13.3. The van der Waals surface area contributed by atoms with Gasteiger partial charge in [0, 0.05) is 10.6 Å². The van der Waals surface area contributed by atoms with Gasteiger partial charge in [-0.3, -0.25) is 0 Å². The number of allylic oxidation sites excluding steroid dienone is 1. The fraction of sp³-hybridized carbons (Fsp3) is 0.364. The molecule has 0 bridgehead atoms. The van der Waals surface area contributed by atoms with Crippen LogP contribution in [0.5, 0.6) is 0 Å². The van der Waals surface area contributed by atoms with Crippen LogP contribution in [0.25, 0.3) is 0 Å². The van der Waals surface area contributed by atoms with Gasteiger partial charge in [0.25, 0.3) is 0 Å². The molecule has 4 heteroatoms. The van der Waals surface area contributed by atoms with Gasteiger partial charge in [-0.15, -0.1) is 11.8 Å². The second-order valence-electron chi connectivity index (χ2n) is 6.95. The molecule has 0 aromatic heterocycles.